The molecule has 0 spiro atoms. The number of unbranched alkanes of at least 4 members (excludes halogenated alkanes) is 55. The van der Waals surface area contributed by atoms with Crippen molar-refractivity contribution in [1.29, 1.82) is 0 Å². The molecule has 0 aromatic rings. The molecule has 0 aliphatic carbocycles. The third-order valence-electron chi connectivity index (χ3n) is 16.8. The predicted molar refractivity (Wildman–Crippen MR) is 344 cm³/mol. The normalized spacial score (nSPS) is 12.0. The van der Waals surface area contributed by atoms with Gasteiger partial charge in [0.15, 0.2) is 6.10 Å². The summed E-state index contributed by atoms with van der Waals surface area (Å²) < 4.78 is 17.0. The summed E-state index contributed by atoms with van der Waals surface area (Å²) in [4.78, 5) is 38.5. The minimum absolute atomic E-state index is 0.0631. The average Bonchev–Trinajstić information content (AvgIpc) is 3.45. The van der Waals surface area contributed by atoms with Gasteiger partial charge in [0.1, 0.15) is 13.2 Å². The Bertz CT molecular complexity index is 1230. The third-order valence-corrected chi connectivity index (χ3v) is 16.8. The first-order valence-corrected chi connectivity index (χ1v) is 36.2. The van der Waals surface area contributed by atoms with Crippen LogP contribution in [0.15, 0.2) is 12.2 Å². The maximum Gasteiger partial charge on any atom is 0.306 e. The maximum absolute atomic E-state index is 13.0. The van der Waals surface area contributed by atoms with E-state index in [0.29, 0.717) is 19.3 Å². The van der Waals surface area contributed by atoms with Gasteiger partial charge in [0, 0.05) is 19.3 Å². The zero-order valence-electron chi connectivity index (χ0n) is 53.9. The molecule has 0 bridgehead atoms. The van der Waals surface area contributed by atoms with Gasteiger partial charge in [0.2, 0.25) is 0 Å². The van der Waals surface area contributed by atoms with Gasteiger partial charge in [-0.3, -0.25) is 14.4 Å². The van der Waals surface area contributed by atoms with Crippen molar-refractivity contribution in [3.63, 3.8) is 0 Å². The van der Waals surface area contributed by atoms with Crippen LogP contribution in [-0.4, -0.2) is 37.2 Å². The quantitative estimate of drug-likeness (QED) is 0.0261. The first-order valence-electron chi connectivity index (χ1n) is 36.2. The van der Waals surface area contributed by atoms with Gasteiger partial charge < -0.3 is 14.2 Å². The number of hydrogen-bond acceptors (Lipinski definition) is 6. The molecule has 0 rings (SSSR count). The van der Waals surface area contributed by atoms with Gasteiger partial charge in [-0.25, -0.2) is 0 Å². The Labute approximate surface area is 494 Å². The molecule has 0 radical (unpaired) electrons. The third kappa shape index (κ3) is 66.8. The second-order valence-electron chi connectivity index (χ2n) is 24.9. The number of carbonyl (C=O) groups is 3. The van der Waals surface area contributed by atoms with Crippen molar-refractivity contribution in [2.45, 2.75) is 425 Å². The number of ether oxygens (including phenoxy) is 3. The van der Waals surface area contributed by atoms with E-state index < -0.39 is 6.10 Å². The maximum atomic E-state index is 13.0. The van der Waals surface area contributed by atoms with E-state index in [4.69, 9.17) is 14.2 Å². The predicted octanol–water partition coefficient (Wildman–Crippen LogP) is 24.8. The average molecular weight is 1110 g/mol. The summed E-state index contributed by atoms with van der Waals surface area (Å²) in [5.74, 6) is -0.826. The van der Waals surface area contributed by atoms with Crippen LogP contribution in [0, 0.1) is 0 Å². The molecule has 0 saturated carbocycles. The summed E-state index contributed by atoms with van der Waals surface area (Å²) in [5.41, 5.74) is 0. The van der Waals surface area contributed by atoms with Crippen molar-refractivity contribution in [2.75, 3.05) is 13.2 Å². The minimum Gasteiger partial charge on any atom is -0.462 e. The molecular weight excluding hydrogens is 973 g/mol. The molecule has 0 aliphatic rings. The monoisotopic (exact) mass is 1110 g/mol. The fourth-order valence-corrected chi connectivity index (χ4v) is 11.3. The topological polar surface area (TPSA) is 78.9 Å². The molecule has 0 amide bonds. The summed E-state index contributed by atoms with van der Waals surface area (Å²) in [6.07, 6.45) is 82.4. The summed E-state index contributed by atoms with van der Waals surface area (Å²) in [5, 5.41) is 0. The van der Waals surface area contributed by atoms with Crippen LogP contribution >= 0.6 is 0 Å². The lowest BCUT2D eigenvalue weighted by molar-refractivity contribution is -0.167. The van der Waals surface area contributed by atoms with Crippen LogP contribution in [0.4, 0.5) is 0 Å². The second kappa shape index (κ2) is 68.6. The van der Waals surface area contributed by atoms with Gasteiger partial charge in [0.25, 0.3) is 0 Å². The van der Waals surface area contributed by atoms with Crippen LogP contribution in [-0.2, 0) is 28.6 Å². The zero-order valence-corrected chi connectivity index (χ0v) is 53.9. The van der Waals surface area contributed by atoms with Gasteiger partial charge in [-0.2, -0.15) is 0 Å². The Hall–Kier alpha value is -1.85. The number of rotatable bonds is 68. The van der Waals surface area contributed by atoms with E-state index in [1.807, 2.05) is 0 Å². The molecule has 0 heterocycles. The fraction of sp³-hybridized carbons (Fsp3) is 0.932. The van der Waals surface area contributed by atoms with Gasteiger partial charge in [-0.05, 0) is 44.9 Å². The molecule has 1 atom stereocenters. The molecule has 0 fully saturated rings. The number of allylic oxidation sites excluding steroid dienone is 2. The van der Waals surface area contributed by atoms with Crippen molar-refractivity contribution in [3.8, 4) is 0 Å². The van der Waals surface area contributed by atoms with Gasteiger partial charge >= 0.3 is 17.9 Å². The van der Waals surface area contributed by atoms with E-state index in [9.17, 15) is 14.4 Å². The van der Waals surface area contributed by atoms with E-state index in [1.54, 1.807) is 0 Å². The Morgan fingerprint density at radius 1 is 0.241 bits per heavy atom. The second-order valence-corrected chi connectivity index (χ2v) is 24.9. The molecule has 468 valence electrons. The molecule has 0 aromatic carbocycles. The molecule has 6 heteroatoms. The Kier molecular flexibility index (Phi) is 67.0. The van der Waals surface area contributed by atoms with Gasteiger partial charge in [-0.1, -0.05) is 367 Å². The Balaban J connectivity index is 4.28. The smallest absolute Gasteiger partial charge is 0.306 e. The van der Waals surface area contributed by atoms with E-state index >= 15 is 0 Å². The highest BCUT2D eigenvalue weighted by Crippen LogP contribution is 2.19. The van der Waals surface area contributed by atoms with Crippen molar-refractivity contribution < 1.29 is 28.6 Å². The SMILES string of the molecule is CCCCCCCC/C=C\CCCCCCCCCCCC(=O)OCC(COC(=O)CCCCCCCCCCCCCCCCCCCCCCC)OC(=O)CCCCCCCCCCCCCCCCCCCCCCC. The zero-order chi connectivity index (χ0) is 57.1. The van der Waals surface area contributed by atoms with Gasteiger partial charge in [0.05, 0.1) is 0 Å². The summed E-state index contributed by atoms with van der Waals surface area (Å²) >= 11 is 0. The molecule has 79 heavy (non-hydrogen) atoms. The van der Waals surface area contributed by atoms with Crippen LogP contribution in [0.25, 0.3) is 0 Å². The molecule has 6 nitrogen and oxygen atoms in total. The van der Waals surface area contributed by atoms with Crippen LogP contribution < -0.4 is 0 Å². The Morgan fingerprint density at radius 2 is 0.418 bits per heavy atom. The van der Waals surface area contributed by atoms with Crippen LogP contribution in [0.1, 0.15) is 419 Å². The molecule has 0 aliphatic heterocycles. The highest BCUT2D eigenvalue weighted by molar-refractivity contribution is 5.71. The lowest BCUT2D eigenvalue weighted by Crippen LogP contribution is -2.30. The highest BCUT2D eigenvalue weighted by Gasteiger charge is 2.20. The summed E-state index contributed by atoms with van der Waals surface area (Å²) in [6, 6.07) is 0. The lowest BCUT2D eigenvalue weighted by atomic mass is 10.0. The number of hydrogen-bond donors (Lipinski definition) is 0. The molecule has 0 saturated heterocycles. The number of esters is 3. The van der Waals surface area contributed by atoms with Crippen molar-refractivity contribution in [3.05, 3.63) is 12.2 Å². The summed E-state index contributed by atoms with van der Waals surface area (Å²) in [7, 11) is 0. The van der Waals surface area contributed by atoms with Crippen molar-refractivity contribution in [1.82, 2.24) is 0 Å². The lowest BCUT2D eigenvalue weighted by Gasteiger charge is -2.18. The standard InChI is InChI=1S/C73H140O6/c1-4-7-10-13-16-19-22-25-28-31-34-36-39-42-45-48-51-54-57-60-63-66-72(75)78-69-70(68-77-71(74)65-62-59-56-53-50-47-44-41-38-33-30-27-24-21-18-15-12-9-6-3)79-73(76)67-64-61-58-55-52-49-46-43-40-37-35-32-29-26-23-20-17-14-11-8-5-2/h27,30,70H,4-26,28-29,31-69H2,1-3H3/b30-27-. The van der Waals surface area contributed by atoms with Crippen LogP contribution in [0.5, 0.6) is 0 Å². The largest absolute Gasteiger partial charge is 0.462 e. The van der Waals surface area contributed by atoms with Gasteiger partial charge in [-0.15, -0.1) is 0 Å². The summed E-state index contributed by atoms with van der Waals surface area (Å²) in [6.45, 7) is 6.74. The van der Waals surface area contributed by atoms with E-state index in [2.05, 4.69) is 32.9 Å². The Morgan fingerprint density at radius 3 is 0.633 bits per heavy atom. The molecule has 0 aromatic heterocycles. The van der Waals surface area contributed by atoms with Crippen LogP contribution in [0.2, 0.25) is 0 Å². The molecule has 0 N–H and O–H groups in total. The highest BCUT2D eigenvalue weighted by atomic mass is 16.6. The van der Waals surface area contributed by atoms with Crippen molar-refractivity contribution in [2.24, 2.45) is 0 Å². The van der Waals surface area contributed by atoms with E-state index in [0.717, 1.165) is 57.8 Å². The van der Waals surface area contributed by atoms with E-state index in [1.165, 1.54) is 321 Å². The molecule has 1 unspecified atom stereocenters. The fourth-order valence-electron chi connectivity index (χ4n) is 11.3. The first kappa shape index (κ1) is 77.2. The number of carbonyl (C=O) groups excluding carboxylic acids is 3. The van der Waals surface area contributed by atoms with Crippen molar-refractivity contribution >= 4 is 17.9 Å². The molecular formula is C73H140O6. The van der Waals surface area contributed by atoms with E-state index in [-0.39, 0.29) is 31.1 Å². The minimum atomic E-state index is -0.767. The first-order chi connectivity index (χ1) is 39.0. The van der Waals surface area contributed by atoms with Crippen LogP contribution in [0.3, 0.4) is 0 Å².